The zero-order chi connectivity index (χ0) is 18.6. The van der Waals surface area contributed by atoms with E-state index in [2.05, 4.69) is 11.6 Å². The molecule has 1 aromatic carbocycles. The maximum absolute atomic E-state index is 12.5. The Morgan fingerprint density at radius 2 is 2.04 bits per heavy atom. The van der Waals surface area contributed by atoms with Crippen molar-refractivity contribution in [1.29, 1.82) is 0 Å². The lowest BCUT2D eigenvalue weighted by atomic mass is 9.99. The number of nitrogens with one attached hydrogen (secondary N) is 1. The van der Waals surface area contributed by atoms with Gasteiger partial charge in [-0.3, -0.25) is 4.79 Å². The minimum atomic E-state index is -3.85. The van der Waals surface area contributed by atoms with Crippen LogP contribution in [0.1, 0.15) is 33.6 Å². The molecule has 6 nitrogen and oxygen atoms in total. The topological polar surface area (TPSA) is 75.7 Å². The molecule has 0 bridgehead atoms. The van der Waals surface area contributed by atoms with Crippen molar-refractivity contribution in [3.05, 3.63) is 23.2 Å². The summed E-state index contributed by atoms with van der Waals surface area (Å²) in [5, 5.41) is 0.216. The van der Waals surface area contributed by atoms with Crippen molar-refractivity contribution in [1.82, 2.24) is 9.62 Å². The third-order valence-corrected chi connectivity index (χ3v) is 6.14. The number of likely N-dealkylation sites (tertiary alicyclic amines) is 1. The number of carbonyl (C=O) groups is 1. The Balaban J connectivity index is 2.07. The highest BCUT2D eigenvalue weighted by Crippen LogP contribution is 2.27. The smallest absolute Gasteiger partial charge is 0.241 e. The first-order chi connectivity index (χ1) is 11.7. The number of rotatable bonds is 6. The number of nitrogens with zero attached hydrogens (tertiary/aromatic N) is 1. The zero-order valence-corrected chi connectivity index (χ0v) is 16.4. The largest absolute Gasteiger partial charge is 0.492 e. The van der Waals surface area contributed by atoms with Crippen LogP contribution < -0.4 is 9.46 Å². The average molecular weight is 389 g/mol. The number of ether oxygens (including phenoxy) is 1. The van der Waals surface area contributed by atoms with Gasteiger partial charge in [0.05, 0.1) is 22.6 Å². The number of hydrogen-bond donors (Lipinski definition) is 1. The van der Waals surface area contributed by atoms with E-state index in [0.717, 1.165) is 12.8 Å². The molecule has 8 heteroatoms. The van der Waals surface area contributed by atoms with Gasteiger partial charge in [0.25, 0.3) is 0 Å². The minimum absolute atomic E-state index is 0.00729. The van der Waals surface area contributed by atoms with Crippen LogP contribution in [0.15, 0.2) is 23.1 Å². The van der Waals surface area contributed by atoms with Crippen molar-refractivity contribution in [2.24, 2.45) is 5.92 Å². The second kappa shape index (κ2) is 8.38. The summed E-state index contributed by atoms with van der Waals surface area (Å²) in [6, 6.07) is 3.43. The fraction of sp³-hybridized carbons (Fsp3) is 0.588. The molecule has 0 saturated carbocycles. The molecule has 1 saturated heterocycles. The summed E-state index contributed by atoms with van der Waals surface area (Å²) in [5.74, 6) is 0.823. The molecule has 0 unspecified atom stereocenters. The first-order valence-corrected chi connectivity index (χ1v) is 10.3. The van der Waals surface area contributed by atoms with Gasteiger partial charge in [-0.05, 0) is 50.8 Å². The monoisotopic (exact) mass is 388 g/mol. The van der Waals surface area contributed by atoms with Gasteiger partial charge in [-0.1, -0.05) is 18.5 Å². The van der Waals surface area contributed by atoms with Crippen molar-refractivity contribution in [2.75, 3.05) is 19.7 Å². The summed E-state index contributed by atoms with van der Waals surface area (Å²) in [6.45, 7) is 7.31. The van der Waals surface area contributed by atoms with Crippen molar-refractivity contribution < 1.29 is 17.9 Å². The summed E-state index contributed by atoms with van der Waals surface area (Å²) >= 11 is 6.06. The summed E-state index contributed by atoms with van der Waals surface area (Å²) in [4.78, 5) is 14.2. The number of amides is 1. The number of sulfonamides is 1. The maximum Gasteiger partial charge on any atom is 0.241 e. The quantitative estimate of drug-likeness (QED) is 0.812. The zero-order valence-electron chi connectivity index (χ0n) is 14.8. The lowest BCUT2D eigenvalue weighted by Crippen LogP contribution is -2.49. The Labute approximate surface area is 154 Å². The van der Waals surface area contributed by atoms with E-state index in [1.807, 2.05) is 6.92 Å². The number of carbonyl (C=O) groups excluding carboxylic acids is 1. The van der Waals surface area contributed by atoms with Crippen LogP contribution in [0.25, 0.3) is 0 Å². The lowest BCUT2D eigenvalue weighted by molar-refractivity contribution is -0.133. The van der Waals surface area contributed by atoms with Gasteiger partial charge in [0.2, 0.25) is 15.9 Å². The Morgan fingerprint density at radius 3 is 2.60 bits per heavy atom. The third kappa shape index (κ3) is 5.09. The normalized spacial score (nSPS) is 17.4. The number of hydrogen-bond acceptors (Lipinski definition) is 4. The van der Waals surface area contributed by atoms with Gasteiger partial charge in [-0.15, -0.1) is 0 Å². The van der Waals surface area contributed by atoms with E-state index in [1.165, 1.54) is 18.2 Å². The van der Waals surface area contributed by atoms with Crippen molar-refractivity contribution in [3.8, 4) is 5.75 Å². The fourth-order valence-corrected chi connectivity index (χ4v) is 4.30. The molecule has 1 heterocycles. The van der Waals surface area contributed by atoms with E-state index < -0.39 is 16.1 Å². The fourth-order valence-electron chi connectivity index (χ4n) is 2.78. The molecule has 1 aliphatic rings. The highest BCUT2D eigenvalue weighted by molar-refractivity contribution is 7.89. The SMILES string of the molecule is CCOc1ccc(S(=O)(=O)N[C@H](C)C(=O)N2CCC(C)CC2)cc1Cl. The molecule has 25 heavy (non-hydrogen) atoms. The second-order valence-corrected chi connectivity index (χ2v) is 8.50. The van der Waals surface area contributed by atoms with Crippen LogP contribution in [0.5, 0.6) is 5.75 Å². The van der Waals surface area contributed by atoms with E-state index in [-0.39, 0.29) is 15.8 Å². The van der Waals surface area contributed by atoms with Crippen LogP contribution in [0.4, 0.5) is 0 Å². The van der Waals surface area contributed by atoms with E-state index in [9.17, 15) is 13.2 Å². The molecule has 1 fully saturated rings. The first-order valence-electron chi connectivity index (χ1n) is 8.48. The Morgan fingerprint density at radius 1 is 1.40 bits per heavy atom. The van der Waals surface area contributed by atoms with Crippen LogP contribution in [-0.2, 0) is 14.8 Å². The summed E-state index contributed by atoms with van der Waals surface area (Å²) in [5.41, 5.74) is 0. The lowest BCUT2D eigenvalue weighted by Gasteiger charge is -2.32. The van der Waals surface area contributed by atoms with E-state index in [4.69, 9.17) is 16.3 Å². The highest BCUT2D eigenvalue weighted by atomic mass is 35.5. The van der Waals surface area contributed by atoms with E-state index >= 15 is 0 Å². The third-order valence-electron chi connectivity index (χ3n) is 4.31. The van der Waals surface area contributed by atoms with Crippen LogP contribution in [0.3, 0.4) is 0 Å². The predicted molar refractivity (Wildman–Crippen MR) is 97.4 cm³/mol. The Kier molecular flexibility index (Phi) is 6.71. The molecule has 1 aromatic rings. The van der Waals surface area contributed by atoms with Crippen molar-refractivity contribution >= 4 is 27.5 Å². The minimum Gasteiger partial charge on any atom is -0.492 e. The average Bonchev–Trinajstić information content (AvgIpc) is 2.56. The molecule has 140 valence electrons. The molecular weight excluding hydrogens is 364 g/mol. The van der Waals surface area contributed by atoms with Crippen LogP contribution in [-0.4, -0.2) is 45.0 Å². The molecule has 0 spiro atoms. The first kappa shape index (κ1) is 20.0. The van der Waals surface area contributed by atoms with Gasteiger partial charge >= 0.3 is 0 Å². The van der Waals surface area contributed by atoms with E-state index in [0.29, 0.717) is 31.4 Å². The molecule has 0 aromatic heterocycles. The molecule has 2 rings (SSSR count). The van der Waals surface area contributed by atoms with Gasteiger partial charge in [0, 0.05) is 13.1 Å². The summed E-state index contributed by atoms with van der Waals surface area (Å²) in [6.07, 6.45) is 1.89. The Bertz CT molecular complexity index is 715. The van der Waals surface area contributed by atoms with Gasteiger partial charge in [0.1, 0.15) is 5.75 Å². The van der Waals surface area contributed by atoms with Crippen LogP contribution in [0.2, 0.25) is 5.02 Å². The second-order valence-electron chi connectivity index (χ2n) is 6.38. The molecular formula is C17H25ClN2O4S. The van der Waals surface area contributed by atoms with Gasteiger partial charge in [-0.2, -0.15) is 4.72 Å². The molecule has 0 radical (unpaired) electrons. The summed E-state index contributed by atoms with van der Waals surface area (Å²) in [7, 11) is -3.85. The maximum atomic E-state index is 12.5. The van der Waals surface area contributed by atoms with Crippen molar-refractivity contribution in [3.63, 3.8) is 0 Å². The number of benzene rings is 1. The van der Waals surface area contributed by atoms with Crippen molar-refractivity contribution in [2.45, 2.75) is 44.6 Å². The molecule has 0 aliphatic carbocycles. The predicted octanol–water partition coefficient (Wildman–Crippen LogP) is 2.66. The Hall–Kier alpha value is -1.31. The molecule has 1 amide bonds. The number of halogens is 1. The summed E-state index contributed by atoms with van der Waals surface area (Å²) < 4.78 is 32.8. The molecule has 1 atom stereocenters. The van der Waals surface area contributed by atoms with Crippen LogP contribution in [0, 0.1) is 5.92 Å². The van der Waals surface area contributed by atoms with Gasteiger partial charge < -0.3 is 9.64 Å². The number of piperidine rings is 1. The van der Waals surface area contributed by atoms with Crippen LogP contribution >= 0.6 is 11.6 Å². The van der Waals surface area contributed by atoms with Gasteiger partial charge in [-0.25, -0.2) is 8.42 Å². The highest BCUT2D eigenvalue weighted by Gasteiger charge is 2.28. The standard InChI is InChI=1S/C17H25ClN2O4S/c1-4-24-16-6-5-14(11-15(16)18)25(22,23)19-13(3)17(21)20-9-7-12(2)8-10-20/h5-6,11-13,19H,4,7-10H2,1-3H3/t13-/m1/s1. The van der Waals surface area contributed by atoms with Gasteiger partial charge in [0.15, 0.2) is 0 Å². The van der Waals surface area contributed by atoms with E-state index in [1.54, 1.807) is 11.8 Å². The molecule has 1 N–H and O–H groups in total. The molecule has 1 aliphatic heterocycles.